The zero-order valence-corrected chi connectivity index (χ0v) is 12.3. The van der Waals surface area contributed by atoms with Crippen molar-refractivity contribution in [3.63, 3.8) is 0 Å². The van der Waals surface area contributed by atoms with Crippen molar-refractivity contribution in [2.45, 2.75) is 13.0 Å². The fraction of sp³-hybridized carbons (Fsp3) is 0.200. The van der Waals surface area contributed by atoms with Crippen LogP contribution in [0.4, 0.5) is 16.2 Å². The van der Waals surface area contributed by atoms with Gasteiger partial charge in [0, 0.05) is 13.2 Å². The molecule has 1 aromatic heterocycles. The van der Waals surface area contributed by atoms with Crippen LogP contribution in [0, 0.1) is 10.1 Å². The quantitative estimate of drug-likeness (QED) is 0.693. The van der Waals surface area contributed by atoms with Crippen LogP contribution in [-0.2, 0) is 0 Å². The molecule has 0 aliphatic carbocycles. The number of hydrogen-bond acceptors (Lipinski definition) is 4. The fourth-order valence-electron chi connectivity index (χ4n) is 1.97. The second kappa shape index (κ2) is 6.66. The highest BCUT2D eigenvalue weighted by Crippen LogP contribution is 2.24. The van der Waals surface area contributed by atoms with Gasteiger partial charge in [0.25, 0.3) is 0 Å². The van der Waals surface area contributed by atoms with Crippen LogP contribution in [0.3, 0.4) is 0 Å². The molecule has 114 valence electrons. The molecular formula is C15H16N4O3. The Hall–Kier alpha value is -2.96. The fourth-order valence-corrected chi connectivity index (χ4v) is 1.97. The summed E-state index contributed by atoms with van der Waals surface area (Å²) in [4.78, 5) is 27.8. The number of rotatable bonds is 4. The molecule has 0 unspecified atom stereocenters. The molecule has 22 heavy (non-hydrogen) atoms. The number of carbonyl (C=O) groups is 1. The van der Waals surface area contributed by atoms with Gasteiger partial charge in [-0.2, -0.15) is 0 Å². The number of hydrogen-bond donors (Lipinski definition) is 1. The minimum atomic E-state index is -0.580. The Balaban J connectivity index is 2.14. The number of amides is 2. The van der Waals surface area contributed by atoms with E-state index >= 15 is 0 Å². The zero-order chi connectivity index (χ0) is 16.1. The molecule has 2 aromatic rings. The molecule has 1 aromatic carbocycles. The van der Waals surface area contributed by atoms with Gasteiger partial charge < -0.3 is 10.2 Å². The molecule has 0 bridgehead atoms. The Morgan fingerprint density at radius 1 is 1.32 bits per heavy atom. The minimum Gasteiger partial charge on any atom is -0.321 e. The van der Waals surface area contributed by atoms with Gasteiger partial charge in [-0.15, -0.1) is 0 Å². The van der Waals surface area contributed by atoms with E-state index in [1.807, 2.05) is 37.3 Å². The Morgan fingerprint density at radius 3 is 2.64 bits per heavy atom. The standard InChI is InChI=1S/C15H16N4O3/c1-11(12-6-4-3-5-7-12)18(2)15(20)17-13-8-9-16-10-14(13)19(21)22/h3-11H,1-2H3,(H,16,17,20)/t11-/m1/s1. The first-order valence-electron chi connectivity index (χ1n) is 6.68. The summed E-state index contributed by atoms with van der Waals surface area (Å²) in [6.45, 7) is 1.88. The summed E-state index contributed by atoms with van der Waals surface area (Å²) in [5, 5.41) is 13.5. The van der Waals surface area contributed by atoms with E-state index in [0.29, 0.717) is 0 Å². The molecule has 0 saturated carbocycles. The largest absolute Gasteiger partial charge is 0.322 e. The molecular weight excluding hydrogens is 284 g/mol. The van der Waals surface area contributed by atoms with Crippen LogP contribution >= 0.6 is 0 Å². The maximum absolute atomic E-state index is 12.3. The Bertz CT molecular complexity index is 675. The number of urea groups is 1. The van der Waals surface area contributed by atoms with Crippen molar-refractivity contribution in [1.82, 2.24) is 9.88 Å². The smallest absolute Gasteiger partial charge is 0.321 e. The van der Waals surface area contributed by atoms with E-state index in [1.54, 1.807) is 7.05 Å². The molecule has 2 rings (SSSR count). The van der Waals surface area contributed by atoms with Crippen LogP contribution in [0.5, 0.6) is 0 Å². The van der Waals surface area contributed by atoms with E-state index in [0.717, 1.165) is 11.8 Å². The van der Waals surface area contributed by atoms with Gasteiger partial charge >= 0.3 is 11.7 Å². The second-order valence-corrected chi connectivity index (χ2v) is 4.78. The van der Waals surface area contributed by atoms with Crippen LogP contribution in [0.2, 0.25) is 0 Å². The van der Waals surface area contributed by atoms with Gasteiger partial charge in [-0.05, 0) is 18.6 Å². The molecule has 1 atom stereocenters. The van der Waals surface area contributed by atoms with E-state index in [9.17, 15) is 14.9 Å². The van der Waals surface area contributed by atoms with Crippen molar-refractivity contribution in [2.24, 2.45) is 0 Å². The lowest BCUT2D eigenvalue weighted by molar-refractivity contribution is -0.384. The molecule has 0 aliphatic heterocycles. The molecule has 1 N–H and O–H groups in total. The van der Waals surface area contributed by atoms with E-state index < -0.39 is 11.0 Å². The van der Waals surface area contributed by atoms with Crippen molar-refractivity contribution in [3.8, 4) is 0 Å². The lowest BCUT2D eigenvalue weighted by Crippen LogP contribution is -2.33. The molecule has 0 fully saturated rings. The zero-order valence-electron chi connectivity index (χ0n) is 12.3. The predicted molar refractivity (Wildman–Crippen MR) is 82.5 cm³/mol. The third-order valence-corrected chi connectivity index (χ3v) is 3.42. The summed E-state index contributed by atoms with van der Waals surface area (Å²) in [7, 11) is 1.64. The number of nitrogens with zero attached hydrogens (tertiary/aromatic N) is 3. The number of nitro groups is 1. The number of anilines is 1. The molecule has 0 spiro atoms. The Labute approximate surface area is 127 Å². The summed E-state index contributed by atoms with van der Waals surface area (Å²) in [5.41, 5.74) is 0.859. The first-order valence-corrected chi connectivity index (χ1v) is 6.68. The molecule has 7 heteroatoms. The second-order valence-electron chi connectivity index (χ2n) is 4.78. The molecule has 0 saturated heterocycles. The van der Waals surface area contributed by atoms with Gasteiger partial charge in [-0.1, -0.05) is 30.3 Å². The van der Waals surface area contributed by atoms with E-state index in [-0.39, 0.29) is 17.4 Å². The SMILES string of the molecule is C[C@H](c1ccccc1)N(C)C(=O)Nc1ccncc1[N+](=O)[O-]. The summed E-state index contributed by atoms with van der Waals surface area (Å²) >= 11 is 0. The molecule has 0 aliphatic rings. The maximum atomic E-state index is 12.3. The van der Waals surface area contributed by atoms with Crippen molar-refractivity contribution in [1.29, 1.82) is 0 Å². The molecule has 1 heterocycles. The average molecular weight is 300 g/mol. The summed E-state index contributed by atoms with van der Waals surface area (Å²) in [6, 6.07) is 10.3. The highest BCUT2D eigenvalue weighted by atomic mass is 16.6. The van der Waals surface area contributed by atoms with Gasteiger partial charge in [0.1, 0.15) is 11.9 Å². The normalized spacial score (nSPS) is 11.5. The first kappa shape index (κ1) is 15.4. The van der Waals surface area contributed by atoms with Crippen LogP contribution < -0.4 is 5.32 Å². The van der Waals surface area contributed by atoms with Crippen molar-refractivity contribution < 1.29 is 9.72 Å². The van der Waals surface area contributed by atoms with Gasteiger partial charge in [0.2, 0.25) is 0 Å². The monoisotopic (exact) mass is 300 g/mol. The highest BCUT2D eigenvalue weighted by molar-refractivity contribution is 5.91. The van der Waals surface area contributed by atoms with Gasteiger partial charge in [0.15, 0.2) is 0 Å². The summed E-state index contributed by atoms with van der Waals surface area (Å²) in [5.74, 6) is 0. The topological polar surface area (TPSA) is 88.4 Å². The lowest BCUT2D eigenvalue weighted by atomic mass is 10.1. The third kappa shape index (κ3) is 3.38. The Kier molecular flexibility index (Phi) is 4.67. The summed E-state index contributed by atoms with van der Waals surface area (Å²) in [6.07, 6.45) is 2.50. The third-order valence-electron chi connectivity index (χ3n) is 3.42. The molecule has 7 nitrogen and oxygen atoms in total. The highest BCUT2D eigenvalue weighted by Gasteiger charge is 2.21. The van der Waals surface area contributed by atoms with Crippen LogP contribution in [-0.4, -0.2) is 27.9 Å². The summed E-state index contributed by atoms with van der Waals surface area (Å²) < 4.78 is 0. The van der Waals surface area contributed by atoms with Gasteiger partial charge in [-0.3, -0.25) is 15.1 Å². The van der Waals surface area contributed by atoms with E-state index in [4.69, 9.17) is 0 Å². The average Bonchev–Trinajstić information content (AvgIpc) is 2.54. The van der Waals surface area contributed by atoms with Crippen LogP contribution in [0.25, 0.3) is 0 Å². The van der Waals surface area contributed by atoms with Crippen molar-refractivity contribution >= 4 is 17.4 Å². The van der Waals surface area contributed by atoms with Crippen molar-refractivity contribution in [3.05, 3.63) is 64.5 Å². The number of aromatic nitrogens is 1. The number of carbonyl (C=O) groups excluding carboxylic acids is 1. The lowest BCUT2D eigenvalue weighted by Gasteiger charge is -2.25. The number of benzene rings is 1. The number of nitrogens with one attached hydrogen (secondary N) is 1. The maximum Gasteiger partial charge on any atom is 0.322 e. The van der Waals surface area contributed by atoms with Crippen LogP contribution in [0.1, 0.15) is 18.5 Å². The van der Waals surface area contributed by atoms with Crippen LogP contribution in [0.15, 0.2) is 48.8 Å². The Morgan fingerprint density at radius 2 is 2.00 bits per heavy atom. The van der Waals surface area contributed by atoms with E-state index in [2.05, 4.69) is 10.3 Å². The van der Waals surface area contributed by atoms with Gasteiger partial charge in [-0.25, -0.2) is 4.79 Å². The first-order chi connectivity index (χ1) is 10.5. The minimum absolute atomic E-state index is 0.122. The molecule has 2 amide bonds. The van der Waals surface area contributed by atoms with E-state index in [1.165, 1.54) is 17.2 Å². The predicted octanol–water partition coefficient (Wildman–Crippen LogP) is 3.21. The van der Waals surface area contributed by atoms with Crippen molar-refractivity contribution in [2.75, 3.05) is 12.4 Å². The van der Waals surface area contributed by atoms with Gasteiger partial charge in [0.05, 0.1) is 11.0 Å². The molecule has 0 radical (unpaired) electrons. The number of pyridine rings is 1.